The van der Waals surface area contributed by atoms with E-state index >= 15 is 0 Å². The largest absolute Gasteiger partial charge is 0.507 e. The van der Waals surface area contributed by atoms with Gasteiger partial charge in [0.1, 0.15) is 17.5 Å². The lowest BCUT2D eigenvalue weighted by molar-refractivity contribution is 0.00387. The highest BCUT2D eigenvalue weighted by Gasteiger charge is 2.41. The molecule has 150 valence electrons. The van der Waals surface area contributed by atoms with E-state index in [1.165, 1.54) is 6.20 Å². The number of hydrogen-bond donors (Lipinski definition) is 2. The van der Waals surface area contributed by atoms with Crippen LogP contribution in [0.4, 0.5) is 4.39 Å². The van der Waals surface area contributed by atoms with Crippen LogP contribution in [-0.4, -0.2) is 54.2 Å². The highest BCUT2D eigenvalue weighted by atomic mass is 19.1. The first-order valence-corrected chi connectivity index (χ1v) is 9.75. The van der Waals surface area contributed by atoms with Crippen LogP contribution in [0.25, 0.3) is 16.9 Å². The third kappa shape index (κ3) is 3.53. The number of ether oxygens (including phenoxy) is 1. The van der Waals surface area contributed by atoms with Gasteiger partial charge in [-0.25, -0.2) is 14.4 Å². The minimum absolute atomic E-state index is 0.0518. The summed E-state index contributed by atoms with van der Waals surface area (Å²) in [6, 6.07) is 5.36. The molecule has 2 aromatic heterocycles. The van der Waals surface area contributed by atoms with Gasteiger partial charge in [-0.05, 0) is 25.0 Å². The molecule has 9 heteroatoms. The Morgan fingerprint density at radius 2 is 2.17 bits per heavy atom. The van der Waals surface area contributed by atoms with E-state index in [1.54, 1.807) is 35.4 Å². The Morgan fingerprint density at radius 1 is 1.24 bits per heavy atom. The van der Waals surface area contributed by atoms with Crippen molar-refractivity contribution in [2.24, 2.45) is 0 Å². The van der Waals surface area contributed by atoms with Crippen molar-refractivity contribution in [1.82, 2.24) is 30.0 Å². The van der Waals surface area contributed by atoms with Crippen LogP contribution in [0.3, 0.4) is 0 Å². The maximum atomic E-state index is 14.7. The number of nitrogens with zero attached hydrogens (tertiary/aromatic N) is 5. The van der Waals surface area contributed by atoms with Crippen LogP contribution in [0.1, 0.15) is 25.7 Å². The quantitative estimate of drug-likeness (QED) is 0.699. The Balaban J connectivity index is 1.31. The number of halogens is 1. The van der Waals surface area contributed by atoms with Crippen LogP contribution in [-0.2, 0) is 0 Å². The van der Waals surface area contributed by atoms with Gasteiger partial charge in [0.15, 0.2) is 6.17 Å². The third-order valence-corrected chi connectivity index (χ3v) is 5.63. The van der Waals surface area contributed by atoms with E-state index in [1.807, 2.05) is 6.07 Å². The van der Waals surface area contributed by atoms with E-state index in [4.69, 9.17) is 4.74 Å². The molecule has 1 aromatic carbocycles. The Hall–Kier alpha value is -3.07. The van der Waals surface area contributed by atoms with Crippen LogP contribution in [0.15, 0.2) is 43.1 Å². The van der Waals surface area contributed by atoms with Crippen molar-refractivity contribution in [3.05, 3.63) is 43.1 Å². The molecule has 0 aliphatic carbocycles. The number of aromatic nitrogens is 5. The number of aromatic hydroxyl groups is 1. The molecule has 4 heterocycles. The molecule has 29 heavy (non-hydrogen) atoms. The van der Waals surface area contributed by atoms with Gasteiger partial charge >= 0.3 is 6.01 Å². The molecule has 0 saturated carbocycles. The standard InChI is InChI=1S/C20H21FN6O2/c21-19-15-3-1-2-12(24-15)8-18(19)29-20-23-10-16(25-26-20)14-5-4-13(9-17(14)28)27-7-6-22-11-27/h4-7,9-12,15,18-19,24,28H,1-3,8H2/t12-,15?,18-,19+/m0/s1. The predicted molar refractivity (Wildman–Crippen MR) is 103 cm³/mol. The Bertz CT molecular complexity index is 981. The summed E-state index contributed by atoms with van der Waals surface area (Å²) in [5.74, 6) is 0.0518. The zero-order valence-electron chi connectivity index (χ0n) is 15.6. The molecule has 3 aromatic rings. The van der Waals surface area contributed by atoms with Crippen molar-refractivity contribution in [2.75, 3.05) is 0 Å². The minimum Gasteiger partial charge on any atom is -0.507 e. The van der Waals surface area contributed by atoms with Gasteiger partial charge < -0.3 is 19.7 Å². The summed E-state index contributed by atoms with van der Waals surface area (Å²) >= 11 is 0. The van der Waals surface area contributed by atoms with Crippen molar-refractivity contribution in [3.63, 3.8) is 0 Å². The number of piperidine rings is 2. The Labute approximate surface area is 166 Å². The number of benzene rings is 1. The van der Waals surface area contributed by atoms with Gasteiger partial charge in [-0.1, -0.05) is 11.5 Å². The summed E-state index contributed by atoms with van der Waals surface area (Å²) in [7, 11) is 0. The summed E-state index contributed by atoms with van der Waals surface area (Å²) in [4.78, 5) is 8.18. The van der Waals surface area contributed by atoms with Crippen LogP contribution in [0, 0.1) is 0 Å². The lowest BCUT2D eigenvalue weighted by Gasteiger charge is -2.42. The second kappa shape index (κ2) is 7.40. The van der Waals surface area contributed by atoms with Crippen LogP contribution < -0.4 is 10.1 Å². The number of phenols is 1. The van der Waals surface area contributed by atoms with Crippen molar-refractivity contribution in [2.45, 2.75) is 50.0 Å². The van der Waals surface area contributed by atoms with Crippen molar-refractivity contribution in [1.29, 1.82) is 0 Å². The molecule has 8 nitrogen and oxygen atoms in total. The third-order valence-electron chi connectivity index (χ3n) is 5.63. The van der Waals surface area contributed by atoms with Gasteiger partial charge in [0.2, 0.25) is 0 Å². The van der Waals surface area contributed by atoms with E-state index < -0.39 is 12.3 Å². The first-order valence-electron chi connectivity index (χ1n) is 9.75. The molecule has 1 unspecified atom stereocenters. The molecular formula is C20H21FN6O2. The zero-order valence-corrected chi connectivity index (χ0v) is 15.6. The number of nitrogens with one attached hydrogen (secondary N) is 1. The maximum Gasteiger partial charge on any atom is 0.336 e. The van der Waals surface area contributed by atoms with Gasteiger partial charge in [0.25, 0.3) is 0 Å². The van der Waals surface area contributed by atoms with E-state index in [9.17, 15) is 9.50 Å². The number of rotatable bonds is 4. The van der Waals surface area contributed by atoms with Crippen LogP contribution in [0.5, 0.6) is 11.8 Å². The number of phenolic OH excluding ortho intramolecular Hbond substituents is 1. The summed E-state index contributed by atoms with van der Waals surface area (Å²) in [6.45, 7) is 0. The van der Waals surface area contributed by atoms with Gasteiger partial charge in [0.05, 0.1) is 18.2 Å². The fourth-order valence-corrected chi connectivity index (χ4v) is 4.16. The number of alkyl halides is 1. The first kappa shape index (κ1) is 18.0. The minimum atomic E-state index is -1.09. The molecule has 0 radical (unpaired) electrons. The molecule has 4 atom stereocenters. The highest BCUT2D eigenvalue weighted by Crippen LogP contribution is 2.31. The lowest BCUT2D eigenvalue weighted by atomic mass is 9.84. The molecule has 2 aliphatic rings. The predicted octanol–water partition coefficient (Wildman–Crippen LogP) is 2.43. The lowest BCUT2D eigenvalue weighted by Crippen LogP contribution is -2.59. The smallest absolute Gasteiger partial charge is 0.336 e. The Kier molecular flexibility index (Phi) is 4.59. The second-order valence-corrected chi connectivity index (χ2v) is 7.53. The van der Waals surface area contributed by atoms with Crippen molar-refractivity contribution >= 4 is 0 Å². The van der Waals surface area contributed by atoms with Crippen molar-refractivity contribution in [3.8, 4) is 28.7 Å². The monoisotopic (exact) mass is 396 g/mol. The van der Waals surface area contributed by atoms with Gasteiger partial charge in [-0.15, -0.1) is 5.10 Å². The number of hydrogen-bond acceptors (Lipinski definition) is 7. The van der Waals surface area contributed by atoms with E-state index in [2.05, 4.69) is 25.5 Å². The SMILES string of the molecule is Oc1cc(-n2ccnc2)ccc1-c1cnc(O[C@H]2C[C@@H]3CCCC(N3)[C@H]2F)nn1. The summed E-state index contributed by atoms with van der Waals surface area (Å²) in [5, 5.41) is 21.8. The number of imidazole rings is 1. The van der Waals surface area contributed by atoms with Crippen molar-refractivity contribution < 1.29 is 14.2 Å². The topological polar surface area (TPSA) is 98.0 Å². The summed E-state index contributed by atoms with van der Waals surface area (Å²) in [5.41, 5.74) is 1.68. The maximum absolute atomic E-state index is 14.7. The van der Waals surface area contributed by atoms with Crippen LogP contribution >= 0.6 is 0 Å². The van der Waals surface area contributed by atoms with E-state index in [0.717, 1.165) is 24.9 Å². The first-order chi connectivity index (χ1) is 14.2. The van der Waals surface area contributed by atoms with Gasteiger partial charge in [0, 0.05) is 42.5 Å². The molecule has 2 saturated heterocycles. The summed E-state index contributed by atoms with van der Waals surface area (Å²) < 4.78 is 22.2. The highest BCUT2D eigenvalue weighted by molar-refractivity contribution is 5.67. The molecule has 2 N–H and O–H groups in total. The van der Waals surface area contributed by atoms with Crippen LogP contribution in [0.2, 0.25) is 0 Å². The zero-order chi connectivity index (χ0) is 19.8. The average Bonchev–Trinajstić information content (AvgIpc) is 3.28. The average molecular weight is 396 g/mol. The van der Waals surface area contributed by atoms with Gasteiger partial charge in [-0.2, -0.15) is 0 Å². The summed E-state index contributed by atoms with van der Waals surface area (Å²) in [6.07, 6.45) is 8.42. The second-order valence-electron chi connectivity index (χ2n) is 7.53. The molecule has 5 rings (SSSR count). The van der Waals surface area contributed by atoms with E-state index in [-0.39, 0.29) is 23.8 Å². The molecule has 0 amide bonds. The molecule has 2 bridgehead atoms. The number of fused-ring (bicyclic) bond motifs is 2. The fraction of sp³-hybridized carbons (Fsp3) is 0.400. The van der Waals surface area contributed by atoms with E-state index in [0.29, 0.717) is 17.7 Å². The molecular weight excluding hydrogens is 375 g/mol. The Morgan fingerprint density at radius 3 is 2.93 bits per heavy atom. The molecule has 2 aliphatic heterocycles. The normalized spacial score (nSPS) is 26.2. The molecule has 2 fully saturated rings. The van der Waals surface area contributed by atoms with Gasteiger partial charge in [-0.3, -0.25) is 0 Å². The fourth-order valence-electron chi connectivity index (χ4n) is 4.16. The molecule has 0 spiro atoms.